The molecule has 0 unspecified atom stereocenters. The Kier molecular flexibility index (Phi) is 8.14. The van der Waals surface area contributed by atoms with E-state index in [-0.39, 0.29) is 5.82 Å². The number of hydrogen-bond acceptors (Lipinski definition) is 4. The first-order valence-corrected chi connectivity index (χ1v) is 16.0. The number of hydrogen-bond donors (Lipinski definition) is 1. The zero-order valence-electron chi connectivity index (χ0n) is 22.5. The van der Waals surface area contributed by atoms with Crippen molar-refractivity contribution in [3.05, 3.63) is 53.3 Å². The molecular weight excluding hydrogens is 606 g/mol. The predicted molar refractivity (Wildman–Crippen MR) is 164 cm³/mol. The van der Waals surface area contributed by atoms with Crippen molar-refractivity contribution in [1.82, 2.24) is 14.4 Å². The van der Waals surface area contributed by atoms with Crippen molar-refractivity contribution < 1.29 is 14.3 Å². The highest BCUT2D eigenvalue weighted by Crippen LogP contribution is 2.47. The molecule has 6 nitrogen and oxygen atoms in total. The number of alkyl halides is 1. The second-order valence-corrected chi connectivity index (χ2v) is 12.4. The fraction of sp³-hybridized carbons (Fsp3) is 0.516. The van der Waals surface area contributed by atoms with Crippen LogP contribution >= 0.6 is 22.6 Å². The third-order valence-electron chi connectivity index (χ3n) is 9.07. The molecule has 1 aromatic heterocycles. The lowest BCUT2D eigenvalue weighted by Crippen LogP contribution is -2.49. The maximum Gasteiger partial charge on any atom is 0.335 e. The summed E-state index contributed by atoms with van der Waals surface area (Å²) in [7, 11) is 0. The van der Waals surface area contributed by atoms with Gasteiger partial charge in [-0.05, 0) is 54.7 Å². The number of aromatic nitrogens is 1. The molecule has 0 amide bonds. The molecule has 208 valence electrons. The zero-order chi connectivity index (χ0) is 26.9. The van der Waals surface area contributed by atoms with Gasteiger partial charge in [0.15, 0.2) is 0 Å². The highest BCUT2D eigenvalue weighted by molar-refractivity contribution is 14.1. The molecule has 2 aromatic carbocycles. The summed E-state index contributed by atoms with van der Waals surface area (Å²) in [5, 5.41) is 10.9. The molecule has 1 saturated carbocycles. The van der Waals surface area contributed by atoms with Gasteiger partial charge >= 0.3 is 5.97 Å². The molecule has 3 aromatic rings. The van der Waals surface area contributed by atoms with E-state index in [0.29, 0.717) is 11.5 Å². The van der Waals surface area contributed by atoms with Crippen molar-refractivity contribution in [2.75, 3.05) is 61.7 Å². The number of benzene rings is 2. The van der Waals surface area contributed by atoms with Gasteiger partial charge in [-0.1, -0.05) is 47.9 Å². The van der Waals surface area contributed by atoms with Gasteiger partial charge in [-0.3, -0.25) is 4.90 Å². The number of anilines is 1. The molecule has 2 fully saturated rings. The van der Waals surface area contributed by atoms with Crippen LogP contribution in [0.15, 0.2) is 36.4 Å². The van der Waals surface area contributed by atoms with Crippen molar-refractivity contribution >= 4 is 45.2 Å². The molecule has 6 rings (SSSR count). The molecule has 3 heterocycles. The zero-order valence-corrected chi connectivity index (χ0v) is 24.7. The molecule has 1 N–H and O–H groups in total. The van der Waals surface area contributed by atoms with Crippen LogP contribution in [0.4, 0.5) is 10.1 Å². The summed E-state index contributed by atoms with van der Waals surface area (Å²) >= 11 is 2.45. The van der Waals surface area contributed by atoms with Crippen molar-refractivity contribution in [3.8, 4) is 11.3 Å². The van der Waals surface area contributed by atoms with Crippen molar-refractivity contribution in [3.63, 3.8) is 0 Å². The number of piperazine rings is 1. The van der Waals surface area contributed by atoms with Crippen LogP contribution in [0, 0.1) is 5.82 Å². The summed E-state index contributed by atoms with van der Waals surface area (Å²) in [6.07, 6.45) is 6.01. The molecule has 2 aliphatic heterocycles. The maximum atomic E-state index is 14.8. The third kappa shape index (κ3) is 5.44. The Morgan fingerprint density at radius 3 is 2.36 bits per heavy atom. The van der Waals surface area contributed by atoms with Gasteiger partial charge in [0.1, 0.15) is 5.82 Å². The molecule has 0 radical (unpaired) electrons. The Labute approximate surface area is 243 Å². The van der Waals surface area contributed by atoms with Gasteiger partial charge in [0.25, 0.3) is 0 Å². The molecule has 1 saturated heterocycles. The van der Waals surface area contributed by atoms with E-state index in [2.05, 4.69) is 41.9 Å². The van der Waals surface area contributed by atoms with E-state index in [4.69, 9.17) is 0 Å². The van der Waals surface area contributed by atoms with Crippen molar-refractivity contribution in [2.45, 2.75) is 44.6 Å². The van der Waals surface area contributed by atoms with Gasteiger partial charge < -0.3 is 19.5 Å². The molecule has 0 atom stereocenters. The first-order valence-electron chi connectivity index (χ1n) is 14.5. The molecule has 0 bridgehead atoms. The SMILES string of the molecule is O=C(O)c1ccc2c(C3CCCCC3)c3n(c2c1)CCN(CCN1CCN(CCI)CC1)c1cc(F)ccc1-3. The summed E-state index contributed by atoms with van der Waals surface area (Å²) in [5.41, 5.74) is 5.87. The minimum atomic E-state index is -0.900. The number of fused-ring (bicyclic) bond motifs is 5. The van der Waals surface area contributed by atoms with Crippen LogP contribution in [0.25, 0.3) is 22.2 Å². The second-order valence-electron chi connectivity index (χ2n) is 11.3. The van der Waals surface area contributed by atoms with Crippen LogP contribution in [0.1, 0.15) is 53.9 Å². The van der Waals surface area contributed by atoms with E-state index in [0.717, 1.165) is 93.9 Å². The number of aromatic carboxylic acids is 1. The summed E-state index contributed by atoms with van der Waals surface area (Å²) in [6.45, 7) is 8.87. The standard InChI is InChI=1S/C31H38FIN4O2/c32-24-7-9-26-27(21-24)36(17-16-35-14-12-34(11-10-33)13-15-35)18-19-37-28-20-23(31(38)39)6-8-25(28)29(30(26)37)22-4-2-1-3-5-22/h6-9,20-22H,1-5,10-19H2,(H,38,39). The number of rotatable bonds is 7. The van der Waals surface area contributed by atoms with Crippen LogP contribution in [-0.4, -0.2) is 82.2 Å². The largest absolute Gasteiger partial charge is 0.478 e. The second kappa shape index (κ2) is 11.7. The molecule has 1 aliphatic carbocycles. The number of halogens is 2. The van der Waals surface area contributed by atoms with E-state index in [1.165, 1.54) is 34.9 Å². The fourth-order valence-electron chi connectivity index (χ4n) is 6.99. The first kappa shape index (κ1) is 27.0. The lowest BCUT2D eigenvalue weighted by molar-refractivity contribution is 0.0697. The highest BCUT2D eigenvalue weighted by atomic mass is 127. The Morgan fingerprint density at radius 2 is 1.64 bits per heavy atom. The lowest BCUT2D eigenvalue weighted by Gasteiger charge is -2.36. The lowest BCUT2D eigenvalue weighted by atomic mass is 9.81. The summed E-state index contributed by atoms with van der Waals surface area (Å²) < 4.78 is 18.3. The van der Waals surface area contributed by atoms with Gasteiger partial charge in [0, 0.05) is 85.5 Å². The number of carboxylic acids is 1. The smallest absolute Gasteiger partial charge is 0.335 e. The van der Waals surface area contributed by atoms with Gasteiger partial charge in [0.05, 0.1) is 11.3 Å². The average molecular weight is 645 g/mol. The number of carbonyl (C=O) groups is 1. The normalized spacial score (nSPS) is 19.2. The van der Waals surface area contributed by atoms with Crippen LogP contribution in [0.5, 0.6) is 0 Å². The van der Waals surface area contributed by atoms with Crippen molar-refractivity contribution in [2.24, 2.45) is 0 Å². The van der Waals surface area contributed by atoms with E-state index >= 15 is 0 Å². The Bertz CT molecular complexity index is 1340. The number of nitrogens with zero attached hydrogens (tertiary/aromatic N) is 4. The molecule has 39 heavy (non-hydrogen) atoms. The van der Waals surface area contributed by atoms with E-state index < -0.39 is 5.97 Å². The minimum Gasteiger partial charge on any atom is -0.478 e. The van der Waals surface area contributed by atoms with E-state index in [1.807, 2.05) is 18.2 Å². The maximum absolute atomic E-state index is 14.8. The Hall–Kier alpha value is -2.17. The topological polar surface area (TPSA) is 52.0 Å². The van der Waals surface area contributed by atoms with Gasteiger partial charge in [-0.2, -0.15) is 0 Å². The fourth-order valence-corrected chi connectivity index (χ4v) is 7.68. The Balaban J connectivity index is 1.38. The molecule has 3 aliphatic rings. The van der Waals surface area contributed by atoms with Gasteiger partial charge in [0.2, 0.25) is 0 Å². The summed E-state index contributed by atoms with van der Waals surface area (Å²) in [5.74, 6) is -0.664. The highest BCUT2D eigenvalue weighted by Gasteiger charge is 2.31. The molecular formula is C31H38FIN4O2. The van der Waals surface area contributed by atoms with E-state index in [9.17, 15) is 14.3 Å². The van der Waals surface area contributed by atoms with E-state index in [1.54, 1.807) is 18.2 Å². The third-order valence-corrected chi connectivity index (χ3v) is 9.55. The van der Waals surface area contributed by atoms with Gasteiger partial charge in [-0.25, -0.2) is 9.18 Å². The summed E-state index contributed by atoms with van der Waals surface area (Å²) in [4.78, 5) is 19.3. The Morgan fingerprint density at radius 1 is 0.897 bits per heavy atom. The van der Waals surface area contributed by atoms with Crippen LogP contribution in [-0.2, 0) is 6.54 Å². The van der Waals surface area contributed by atoms with Crippen LogP contribution in [0.2, 0.25) is 0 Å². The quantitative estimate of drug-likeness (QED) is 0.250. The summed E-state index contributed by atoms with van der Waals surface area (Å²) in [6, 6.07) is 10.9. The average Bonchev–Trinajstić information content (AvgIpc) is 3.19. The molecule has 0 spiro atoms. The van der Waals surface area contributed by atoms with Crippen LogP contribution in [0.3, 0.4) is 0 Å². The van der Waals surface area contributed by atoms with Gasteiger partial charge in [-0.15, -0.1) is 0 Å². The predicted octanol–water partition coefficient (Wildman–Crippen LogP) is 6.07. The number of carboxylic acid groups (broad SMARTS) is 1. The monoisotopic (exact) mass is 644 g/mol. The minimum absolute atomic E-state index is 0.205. The van der Waals surface area contributed by atoms with Crippen molar-refractivity contribution in [1.29, 1.82) is 0 Å². The van der Waals surface area contributed by atoms with Crippen LogP contribution < -0.4 is 4.90 Å². The first-order chi connectivity index (χ1) is 19.0. The molecule has 8 heteroatoms.